The average molecular weight is 264 g/mol. The van der Waals surface area contributed by atoms with Gasteiger partial charge in [0.05, 0.1) is 4.47 Å². The van der Waals surface area contributed by atoms with Crippen LogP contribution in [0.4, 0.5) is 8.78 Å². The van der Waals surface area contributed by atoms with Crippen LogP contribution < -0.4 is 5.73 Å². The van der Waals surface area contributed by atoms with Gasteiger partial charge in [0.15, 0.2) is 0 Å². The number of aryl methyl sites for hydroxylation is 1. The second-order valence-electron chi connectivity index (χ2n) is 3.11. The Bertz CT molecular complexity index is 315. The van der Waals surface area contributed by atoms with Crippen LogP contribution in [-0.4, -0.2) is 6.54 Å². The lowest BCUT2D eigenvalue weighted by Crippen LogP contribution is -2.00. The van der Waals surface area contributed by atoms with E-state index in [1.54, 1.807) is 0 Å². The summed E-state index contributed by atoms with van der Waals surface area (Å²) < 4.78 is 26.4. The van der Waals surface area contributed by atoms with Gasteiger partial charge in [-0.25, -0.2) is 8.78 Å². The maximum atomic E-state index is 13.4. The van der Waals surface area contributed by atoms with Gasteiger partial charge in [-0.05, 0) is 59.4 Å². The molecule has 2 N–H and O–H groups in total. The summed E-state index contributed by atoms with van der Waals surface area (Å²) in [6.07, 6.45) is 2.14. The normalized spacial score (nSPS) is 10.6. The van der Waals surface area contributed by atoms with E-state index in [1.807, 2.05) is 0 Å². The van der Waals surface area contributed by atoms with E-state index in [0.717, 1.165) is 18.9 Å². The Morgan fingerprint density at radius 3 is 2.57 bits per heavy atom. The van der Waals surface area contributed by atoms with Crippen molar-refractivity contribution < 1.29 is 8.78 Å². The number of benzene rings is 1. The molecule has 0 fully saturated rings. The molecule has 0 aliphatic heterocycles. The molecular formula is C10H12BrF2N. The van der Waals surface area contributed by atoms with Crippen LogP contribution in [0.3, 0.4) is 0 Å². The summed E-state index contributed by atoms with van der Waals surface area (Å²) in [5.74, 6) is -0.788. The van der Waals surface area contributed by atoms with Crippen molar-refractivity contribution in [2.45, 2.75) is 19.3 Å². The van der Waals surface area contributed by atoms with Crippen molar-refractivity contribution in [3.63, 3.8) is 0 Å². The highest BCUT2D eigenvalue weighted by molar-refractivity contribution is 9.10. The lowest BCUT2D eigenvalue weighted by Gasteiger charge is -2.04. The van der Waals surface area contributed by atoms with Gasteiger partial charge in [0.2, 0.25) is 0 Å². The highest BCUT2D eigenvalue weighted by Crippen LogP contribution is 2.22. The summed E-state index contributed by atoms with van der Waals surface area (Å²) in [7, 11) is 0. The first kappa shape index (κ1) is 11.6. The largest absolute Gasteiger partial charge is 0.330 e. The second-order valence-corrected chi connectivity index (χ2v) is 3.96. The molecule has 0 aliphatic carbocycles. The number of halogens is 3. The van der Waals surface area contributed by atoms with Crippen LogP contribution in [0, 0.1) is 11.6 Å². The third-order valence-electron chi connectivity index (χ3n) is 1.97. The predicted octanol–water partition coefficient (Wildman–Crippen LogP) is 3.01. The van der Waals surface area contributed by atoms with Crippen LogP contribution in [0.2, 0.25) is 0 Å². The molecule has 1 aromatic carbocycles. The zero-order valence-electron chi connectivity index (χ0n) is 7.69. The highest BCUT2D eigenvalue weighted by Gasteiger charge is 2.08. The summed E-state index contributed by atoms with van der Waals surface area (Å²) in [6.45, 7) is 0.581. The average Bonchev–Trinajstić information content (AvgIpc) is 2.13. The van der Waals surface area contributed by atoms with Gasteiger partial charge >= 0.3 is 0 Å². The zero-order valence-corrected chi connectivity index (χ0v) is 9.28. The maximum Gasteiger partial charge on any atom is 0.140 e. The van der Waals surface area contributed by atoms with Crippen molar-refractivity contribution in [1.29, 1.82) is 0 Å². The molecule has 0 radical (unpaired) electrons. The first-order chi connectivity index (χ1) is 6.65. The molecule has 1 aromatic rings. The molecule has 1 nitrogen and oxygen atoms in total. The van der Waals surface area contributed by atoms with E-state index in [4.69, 9.17) is 5.73 Å². The molecule has 0 heterocycles. The Labute approximate surface area is 90.4 Å². The van der Waals surface area contributed by atoms with Gasteiger partial charge in [-0.3, -0.25) is 0 Å². The quantitative estimate of drug-likeness (QED) is 0.656. The third-order valence-corrected chi connectivity index (χ3v) is 2.55. The van der Waals surface area contributed by atoms with Crippen molar-refractivity contribution in [2.24, 2.45) is 5.73 Å². The molecule has 0 unspecified atom stereocenters. The van der Waals surface area contributed by atoms with Crippen LogP contribution in [0.25, 0.3) is 0 Å². The second kappa shape index (κ2) is 5.41. The Balaban J connectivity index is 2.75. The molecule has 14 heavy (non-hydrogen) atoms. The number of nitrogens with two attached hydrogens (primary N) is 1. The molecule has 0 bridgehead atoms. The van der Waals surface area contributed by atoms with Crippen LogP contribution >= 0.6 is 15.9 Å². The number of rotatable bonds is 4. The minimum Gasteiger partial charge on any atom is -0.330 e. The van der Waals surface area contributed by atoms with Crippen molar-refractivity contribution >= 4 is 15.9 Å². The lowest BCUT2D eigenvalue weighted by atomic mass is 10.1. The molecule has 78 valence electrons. The van der Waals surface area contributed by atoms with E-state index in [2.05, 4.69) is 15.9 Å². The van der Waals surface area contributed by atoms with E-state index >= 15 is 0 Å². The van der Waals surface area contributed by atoms with E-state index in [9.17, 15) is 8.78 Å². The fourth-order valence-electron chi connectivity index (χ4n) is 1.25. The number of unbranched alkanes of at least 4 members (excludes halogenated alkanes) is 1. The van der Waals surface area contributed by atoms with Gasteiger partial charge in [0.1, 0.15) is 11.6 Å². The Hall–Kier alpha value is -0.480. The van der Waals surface area contributed by atoms with Gasteiger partial charge in [0, 0.05) is 0 Å². The SMILES string of the molecule is NCCCCc1cc(F)cc(Br)c1F. The maximum absolute atomic E-state index is 13.4. The fourth-order valence-corrected chi connectivity index (χ4v) is 1.72. The van der Waals surface area contributed by atoms with Crippen molar-refractivity contribution in [2.75, 3.05) is 6.54 Å². The van der Waals surface area contributed by atoms with E-state index in [0.29, 0.717) is 18.5 Å². The van der Waals surface area contributed by atoms with Gasteiger partial charge in [-0.15, -0.1) is 0 Å². The zero-order chi connectivity index (χ0) is 10.6. The first-order valence-corrected chi connectivity index (χ1v) is 5.28. The van der Waals surface area contributed by atoms with E-state index in [-0.39, 0.29) is 10.3 Å². The monoisotopic (exact) mass is 263 g/mol. The predicted molar refractivity (Wildman–Crippen MR) is 56.1 cm³/mol. The summed E-state index contributed by atoms with van der Waals surface area (Å²) in [4.78, 5) is 0. The van der Waals surface area contributed by atoms with Gasteiger partial charge in [-0.2, -0.15) is 0 Å². The van der Waals surface area contributed by atoms with Gasteiger partial charge < -0.3 is 5.73 Å². The topological polar surface area (TPSA) is 26.0 Å². The molecule has 0 atom stereocenters. The number of hydrogen-bond donors (Lipinski definition) is 1. The fraction of sp³-hybridized carbons (Fsp3) is 0.400. The molecule has 4 heteroatoms. The first-order valence-electron chi connectivity index (χ1n) is 4.48. The van der Waals surface area contributed by atoms with Crippen molar-refractivity contribution in [3.8, 4) is 0 Å². The molecule has 0 aromatic heterocycles. The highest BCUT2D eigenvalue weighted by atomic mass is 79.9. The van der Waals surface area contributed by atoms with E-state index in [1.165, 1.54) is 6.07 Å². The Kier molecular flexibility index (Phi) is 4.48. The molecule has 0 saturated carbocycles. The van der Waals surface area contributed by atoms with Crippen LogP contribution in [0.5, 0.6) is 0 Å². The van der Waals surface area contributed by atoms with Gasteiger partial charge in [-0.1, -0.05) is 0 Å². The van der Waals surface area contributed by atoms with Crippen molar-refractivity contribution in [1.82, 2.24) is 0 Å². The summed E-state index contributed by atoms with van der Waals surface area (Å²) in [5, 5.41) is 0. The Morgan fingerprint density at radius 1 is 1.21 bits per heavy atom. The molecular weight excluding hydrogens is 252 g/mol. The van der Waals surface area contributed by atoms with Crippen LogP contribution in [0.1, 0.15) is 18.4 Å². The third kappa shape index (κ3) is 3.03. The number of hydrogen-bond acceptors (Lipinski definition) is 1. The summed E-state index contributed by atoms with van der Waals surface area (Å²) in [5.41, 5.74) is 5.72. The Morgan fingerprint density at radius 2 is 1.93 bits per heavy atom. The summed E-state index contributed by atoms with van der Waals surface area (Å²) in [6, 6.07) is 2.36. The summed E-state index contributed by atoms with van der Waals surface area (Å²) >= 11 is 2.97. The smallest absolute Gasteiger partial charge is 0.140 e. The van der Waals surface area contributed by atoms with Crippen LogP contribution in [-0.2, 0) is 6.42 Å². The molecule has 1 rings (SSSR count). The molecule has 0 amide bonds. The molecule has 0 aliphatic rings. The standard InChI is InChI=1S/C10H12BrF2N/c11-9-6-8(12)5-7(10(9)13)3-1-2-4-14/h5-6H,1-4,14H2. The lowest BCUT2D eigenvalue weighted by molar-refractivity contribution is 0.572. The van der Waals surface area contributed by atoms with Gasteiger partial charge in [0.25, 0.3) is 0 Å². The minimum absolute atomic E-state index is 0.181. The molecule has 0 saturated heterocycles. The minimum atomic E-state index is -0.416. The van der Waals surface area contributed by atoms with Crippen molar-refractivity contribution in [3.05, 3.63) is 33.8 Å². The van der Waals surface area contributed by atoms with E-state index < -0.39 is 5.82 Å². The molecule has 0 spiro atoms. The van der Waals surface area contributed by atoms with Crippen LogP contribution in [0.15, 0.2) is 16.6 Å².